The minimum atomic E-state index is -0.309. The average molecular weight is 259 g/mol. The molecule has 0 saturated carbocycles. The molecule has 0 aliphatic carbocycles. The fourth-order valence-corrected chi connectivity index (χ4v) is 2.21. The van der Waals surface area contributed by atoms with Crippen molar-refractivity contribution in [1.29, 1.82) is 0 Å². The summed E-state index contributed by atoms with van der Waals surface area (Å²) in [5, 5.41) is 0.465. The number of nitrogens with two attached hydrogens (primary N) is 1. The third kappa shape index (κ3) is 3.16. The van der Waals surface area contributed by atoms with E-state index in [2.05, 4.69) is 4.90 Å². The largest absolute Gasteiger partial charge is 0.378 e. The molecule has 0 aromatic heterocycles. The SMILES string of the molecule is NCC1COCCN1Cc1ccc(F)cc1Cl. The highest BCUT2D eigenvalue weighted by molar-refractivity contribution is 6.31. The van der Waals surface area contributed by atoms with E-state index < -0.39 is 0 Å². The summed E-state index contributed by atoms with van der Waals surface area (Å²) in [7, 11) is 0. The molecule has 0 bridgehead atoms. The van der Waals surface area contributed by atoms with Gasteiger partial charge in [-0.15, -0.1) is 0 Å². The summed E-state index contributed by atoms with van der Waals surface area (Å²) in [6.45, 7) is 3.42. The summed E-state index contributed by atoms with van der Waals surface area (Å²) in [6.07, 6.45) is 0. The van der Waals surface area contributed by atoms with E-state index in [1.165, 1.54) is 12.1 Å². The zero-order valence-corrected chi connectivity index (χ0v) is 10.3. The Balaban J connectivity index is 2.08. The molecule has 0 amide bonds. The van der Waals surface area contributed by atoms with Gasteiger partial charge in [0.2, 0.25) is 0 Å². The standard InChI is InChI=1S/C12H16ClFN2O/c13-12-5-10(14)2-1-9(12)7-16-3-4-17-8-11(16)6-15/h1-2,5,11H,3-4,6-8,15H2. The quantitative estimate of drug-likeness (QED) is 0.896. The maximum atomic E-state index is 12.9. The lowest BCUT2D eigenvalue weighted by Crippen LogP contribution is -2.48. The zero-order chi connectivity index (χ0) is 12.3. The van der Waals surface area contributed by atoms with Crippen LogP contribution in [-0.2, 0) is 11.3 Å². The van der Waals surface area contributed by atoms with Gasteiger partial charge < -0.3 is 10.5 Å². The van der Waals surface area contributed by atoms with Crippen LogP contribution in [0.15, 0.2) is 18.2 Å². The van der Waals surface area contributed by atoms with Crippen molar-refractivity contribution >= 4 is 11.6 Å². The summed E-state index contributed by atoms with van der Waals surface area (Å²) in [5.74, 6) is -0.309. The maximum absolute atomic E-state index is 12.9. The molecule has 0 spiro atoms. The molecule has 2 rings (SSSR count). The number of halogens is 2. The Kier molecular flexibility index (Phi) is 4.34. The number of morpholine rings is 1. The number of ether oxygens (including phenoxy) is 1. The lowest BCUT2D eigenvalue weighted by atomic mass is 10.1. The Hall–Kier alpha value is -0.680. The van der Waals surface area contributed by atoms with Crippen LogP contribution < -0.4 is 5.73 Å². The van der Waals surface area contributed by atoms with Gasteiger partial charge in [-0.3, -0.25) is 4.90 Å². The van der Waals surface area contributed by atoms with Crippen LogP contribution in [0.3, 0.4) is 0 Å². The third-order valence-corrected chi connectivity index (χ3v) is 3.36. The Bertz CT molecular complexity index is 389. The first-order valence-electron chi connectivity index (χ1n) is 5.66. The van der Waals surface area contributed by atoms with Gasteiger partial charge >= 0.3 is 0 Å². The van der Waals surface area contributed by atoms with Crippen molar-refractivity contribution in [2.45, 2.75) is 12.6 Å². The molecule has 5 heteroatoms. The number of rotatable bonds is 3. The van der Waals surface area contributed by atoms with Gasteiger partial charge in [0.15, 0.2) is 0 Å². The van der Waals surface area contributed by atoms with E-state index in [1.807, 2.05) is 0 Å². The first kappa shape index (κ1) is 12.8. The van der Waals surface area contributed by atoms with Crippen LogP contribution in [0.4, 0.5) is 4.39 Å². The first-order valence-corrected chi connectivity index (χ1v) is 6.04. The predicted molar refractivity (Wildman–Crippen MR) is 65.5 cm³/mol. The molecule has 1 fully saturated rings. The molecule has 0 radical (unpaired) electrons. The third-order valence-electron chi connectivity index (χ3n) is 3.01. The fourth-order valence-electron chi connectivity index (χ4n) is 1.98. The molecule has 1 aliphatic heterocycles. The fraction of sp³-hybridized carbons (Fsp3) is 0.500. The highest BCUT2D eigenvalue weighted by Crippen LogP contribution is 2.20. The molecular formula is C12H16ClFN2O. The molecule has 1 unspecified atom stereocenters. The molecule has 1 atom stereocenters. The Morgan fingerprint density at radius 3 is 3.06 bits per heavy atom. The van der Waals surface area contributed by atoms with Crippen molar-refractivity contribution in [2.75, 3.05) is 26.3 Å². The second-order valence-electron chi connectivity index (χ2n) is 4.17. The zero-order valence-electron chi connectivity index (χ0n) is 9.53. The van der Waals surface area contributed by atoms with E-state index >= 15 is 0 Å². The highest BCUT2D eigenvalue weighted by Gasteiger charge is 2.22. The van der Waals surface area contributed by atoms with Crippen LogP contribution in [0.2, 0.25) is 5.02 Å². The van der Waals surface area contributed by atoms with Gasteiger partial charge in [-0.25, -0.2) is 4.39 Å². The van der Waals surface area contributed by atoms with Crippen molar-refractivity contribution in [1.82, 2.24) is 4.90 Å². The Morgan fingerprint density at radius 1 is 1.53 bits per heavy atom. The van der Waals surface area contributed by atoms with E-state index in [9.17, 15) is 4.39 Å². The van der Waals surface area contributed by atoms with Crippen LogP contribution in [0.5, 0.6) is 0 Å². The van der Waals surface area contributed by atoms with E-state index in [1.54, 1.807) is 6.07 Å². The highest BCUT2D eigenvalue weighted by atomic mass is 35.5. The van der Waals surface area contributed by atoms with E-state index in [0.717, 1.165) is 12.1 Å². The van der Waals surface area contributed by atoms with Gasteiger partial charge in [0.25, 0.3) is 0 Å². The molecular weight excluding hydrogens is 243 g/mol. The van der Waals surface area contributed by atoms with Crippen molar-refractivity contribution < 1.29 is 9.13 Å². The summed E-state index contributed by atoms with van der Waals surface area (Å²) in [4.78, 5) is 2.22. The molecule has 1 aromatic rings. The molecule has 17 heavy (non-hydrogen) atoms. The van der Waals surface area contributed by atoms with Crippen LogP contribution >= 0.6 is 11.6 Å². The Labute approximate surface area is 105 Å². The van der Waals surface area contributed by atoms with Gasteiger partial charge in [-0.2, -0.15) is 0 Å². The average Bonchev–Trinajstić information content (AvgIpc) is 2.33. The normalized spacial score (nSPS) is 21.7. The maximum Gasteiger partial charge on any atom is 0.124 e. The topological polar surface area (TPSA) is 38.5 Å². The van der Waals surface area contributed by atoms with Gasteiger partial charge in [0.1, 0.15) is 5.82 Å². The number of nitrogens with zero attached hydrogens (tertiary/aromatic N) is 1. The van der Waals surface area contributed by atoms with Crippen molar-refractivity contribution in [3.8, 4) is 0 Å². The van der Waals surface area contributed by atoms with Gasteiger partial charge in [0.05, 0.1) is 13.2 Å². The molecule has 1 saturated heterocycles. The number of hydrogen-bond acceptors (Lipinski definition) is 3. The lowest BCUT2D eigenvalue weighted by molar-refractivity contribution is -0.00792. The molecule has 2 N–H and O–H groups in total. The molecule has 1 aromatic carbocycles. The summed E-state index contributed by atoms with van der Waals surface area (Å²) in [5.41, 5.74) is 6.62. The van der Waals surface area contributed by atoms with E-state index in [4.69, 9.17) is 22.1 Å². The molecule has 1 heterocycles. The van der Waals surface area contributed by atoms with Crippen LogP contribution in [0.25, 0.3) is 0 Å². The summed E-state index contributed by atoms with van der Waals surface area (Å²) >= 11 is 6.01. The summed E-state index contributed by atoms with van der Waals surface area (Å²) in [6, 6.07) is 4.71. The Morgan fingerprint density at radius 2 is 2.35 bits per heavy atom. The monoisotopic (exact) mass is 258 g/mol. The lowest BCUT2D eigenvalue weighted by Gasteiger charge is -2.35. The van der Waals surface area contributed by atoms with Gasteiger partial charge in [0, 0.05) is 30.7 Å². The van der Waals surface area contributed by atoms with Crippen molar-refractivity contribution in [3.63, 3.8) is 0 Å². The van der Waals surface area contributed by atoms with Crippen LogP contribution in [-0.4, -0.2) is 37.2 Å². The van der Waals surface area contributed by atoms with E-state index in [-0.39, 0.29) is 11.9 Å². The minimum absolute atomic E-state index is 0.213. The van der Waals surface area contributed by atoms with Crippen LogP contribution in [0.1, 0.15) is 5.56 Å². The molecule has 3 nitrogen and oxygen atoms in total. The second kappa shape index (κ2) is 5.78. The summed E-state index contributed by atoms with van der Waals surface area (Å²) < 4.78 is 18.3. The van der Waals surface area contributed by atoms with E-state index in [0.29, 0.717) is 31.3 Å². The number of hydrogen-bond donors (Lipinski definition) is 1. The van der Waals surface area contributed by atoms with Crippen molar-refractivity contribution in [2.24, 2.45) is 5.73 Å². The molecule has 1 aliphatic rings. The van der Waals surface area contributed by atoms with Crippen LogP contribution in [0, 0.1) is 5.82 Å². The number of benzene rings is 1. The smallest absolute Gasteiger partial charge is 0.124 e. The molecule has 94 valence electrons. The van der Waals surface area contributed by atoms with Gasteiger partial charge in [-0.1, -0.05) is 17.7 Å². The first-order chi connectivity index (χ1) is 8.20. The van der Waals surface area contributed by atoms with Crippen molar-refractivity contribution in [3.05, 3.63) is 34.6 Å². The predicted octanol–water partition coefficient (Wildman–Crippen LogP) is 1.64. The second-order valence-corrected chi connectivity index (χ2v) is 4.58. The minimum Gasteiger partial charge on any atom is -0.378 e. The van der Waals surface area contributed by atoms with Gasteiger partial charge in [-0.05, 0) is 17.7 Å².